The van der Waals surface area contributed by atoms with Gasteiger partial charge >= 0.3 is 0 Å². The number of rotatable bonds is 6. The molecule has 0 amide bonds. The molecule has 0 bridgehead atoms. The fraction of sp³-hybridized carbons (Fsp3) is 0.273. The maximum Gasteiger partial charge on any atom is 0.123 e. The van der Waals surface area contributed by atoms with E-state index in [0.717, 1.165) is 47.0 Å². The van der Waals surface area contributed by atoms with Gasteiger partial charge < -0.3 is 9.84 Å². The molecule has 3 nitrogen and oxygen atoms in total. The van der Waals surface area contributed by atoms with Crippen molar-refractivity contribution >= 4 is 10.8 Å². The number of fused-ring (bicyclic) bond motifs is 1. The molecule has 134 valence electrons. The van der Waals surface area contributed by atoms with Gasteiger partial charge in [-0.25, -0.2) is 4.39 Å². The topological polar surface area (TPSA) is 32.7 Å². The zero-order valence-electron chi connectivity index (χ0n) is 14.8. The Morgan fingerprint density at radius 1 is 1.04 bits per heavy atom. The van der Waals surface area contributed by atoms with Crippen molar-refractivity contribution in [2.75, 3.05) is 7.11 Å². The number of ether oxygens (including phenoxy) is 1. The highest BCUT2D eigenvalue weighted by atomic mass is 19.1. The van der Waals surface area contributed by atoms with Gasteiger partial charge in [-0.1, -0.05) is 24.3 Å². The van der Waals surface area contributed by atoms with Crippen LogP contribution in [0.25, 0.3) is 10.8 Å². The van der Waals surface area contributed by atoms with Gasteiger partial charge in [0.15, 0.2) is 0 Å². The van der Waals surface area contributed by atoms with Crippen molar-refractivity contribution in [3.63, 3.8) is 0 Å². The van der Waals surface area contributed by atoms with Gasteiger partial charge in [0.1, 0.15) is 17.3 Å². The van der Waals surface area contributed by atoms with E-state index in [0.29, 0.717) is 18.3 Å². The van der Waals surface area contributed by atoms with E-state index in [4.69, 9.17) is 4.74 Å². The second-order valence-electron chi connectivity index (χ2n) is 6.91. The third kappa shape index (κ3) is 3.51. The van der Waals surface area contributed by atoms with E-state index in [1.807, 2.05) is 36.4 Å². The van der Waals surface area contributed by atoms with Gasteiger partial charge in [0.05, 0.1) is 7.11 Å². The Hall–Kier alpha value is -2.59. The molecule has 3 aromatic rings. The van der Waals surface area contributed by atoms with E-state index in [1.165, 1.54) is 12.1 Å². The fourth-order valence-electron chi connectivity index (χ4n) is 3.42. The lowest BCUT2D eigenvalue weighted by Gasteiger charge is -2.24. The number of aromatic hydroxyl groups is 1. The summed E-state index contributed by atoms with van der Waals surface area (Å²) < 4.78 is 18.5. The Kier molecular flexibility index (Phi) is 4.51. The predicted molar refractivity (Wildman–Crippen MR) is 101 cm³/mol. The van der Waals surface area contributed by atoms with E-state index in [1.54, 1.807) is 13.2 Å². The van der Waals surface area contributed by atoms with Crippen molar-refractivity contribution in [2.45, 2.75) is 32.0 Å². The SMILES string of the molecule is COc1ccc2ccc(O)c(CN(Cc3ccc(F)cc3)C3CC3)c2c1. The number of methoxy groups -OCH3 is 1. The van der Waals surface area contributed by atoms with Crippen molar-refractivity contribution < 1.29 is 14.2 Å². The summed E-state index contributed by atoms with van der Waals surface area (Å²) in [5.74, 6) is 0.863. The van der Waals surface area contributed by atoms with Gasteiger partial charge in [-0.05, 0) is 59.5 Å². The maximum absolute atomic E-state index is 13.2. The molecular weight excluding hydrogens is 329 g/mol. The van der Waals surface area contributed by atoms with Gasteiger partial charge in [-0.3, -0.25) is 4.90 Å². The van der Waals surface area contributed by atoms with Gasteiger partial charge in [0, 0.05) is 24.7 Å². The molecule has 0 atom stereocenters. The van der Waals surface area contributed by atoms with E-state index >= 15 is 0 Å². The molecule has 4 rings (SSSR count). The molecule has 0 heterocycles. The number of halogens is 1. The Bertz CT molecular complexity index is 919. The summed E-state index contributed by atoms with van der Waals surface area (Å²) in [7, 11) is 1.65. The van der Waals surface area contributed by atoms with Gasteiger partial charge in [0.25, 0.3) is 0 Å². The summed E-state index contributed by atoms with van der Waals surface area (Å²) in [5, 5.41) is 12.6. The Labute approximate surface area is 152 Å². The van der Waals surface area contributed by atoms with Crippen molar-refractivity contribution in [1.82, 2.24) is 4.90 Å². The van der Waals surface area contributed by atoms with Gasteiger partial charge in [-0.15, -0.1) is 0 Å². The maximum atomic E-state index is 13.2. The first-order valence-corrected chi connectivity index (χ1v) is 8.91. The predicted octanol–water partition coefficient (Wildman–Crippen LogP) is 4.86. The normalized spacial score (nSPS) is 14.1. The minimum Gasteiger partial charge on any atom is -0.508 e. The Balaban J connectivity index is 1.67. The molecule has 0 radical (unpaired) electrons. The van der Waals surface area contributed by atoms with Crippen LogP contribution in [-0.4, -0.2) is 23.2 Å². The summed E-state index contributed by atoms with van der Waals surface area (Å²) in [6, 6.07) is 16.8. The first-order valence-electron chi connectivity index (χ1n) is 8.91. The first-order chi connectivity index (χ1) is 12.6. The van der Waals surface area contributed by atoms with Crippen molar-refractivity contribution in [2.24, 2.45) is 0 Å². The van der Waals surface area contributed by atoms with Crippen LogP contribution < -0.4 is 4.74 Å². The van der Waals surface area contributed by atoms with Crippen LogP contribution in [0.15, 0.2) is 54.6 Å². The molecule has 0 saturated heterocycles. The van der Waals surface area contributed by atoms with E-state index in [2.05, 4.69) is 4.90 Å². The van der Waals surface area contributed by atoms with Crippen LogP contribution in [0.1, 0.15) is 24.0 Å². The molecule has 0 unspecified atom stereocenters. The average Bonchev–Trinajstić information content (AvgIpc) is 3.49. The monoisotopic (exact) mass is 351 g/mol. The summed E-state index contributed by atoms with van der Waals surface area (Å²) in [5.41, 5.74) is 1.99. The summed E-state index contributed by atoms with van der Waals surface area (Å²) in [6.07, 6.45) is 2.33. The summed E-state index contributed by atoms with van der Waals surface area (Å²) >= 11 is 0. The van der Waals surface area contributed by atoms with Crippen LogP contribution in [0.3, 0.4) is 0 Å². The first kappa shape index (κ1) is 16.9. The summed E-state index contributed by atoms with van der Waals surface area (Å²) in [6.45, 7) is 1.39. The number of hydrogen-bond donors (Lipinski definition) is 1. The van der Waals surface area contributed by atoms with Crippen LogP contribution in [-0.2, 0) is 13.1 Å². The third-order valence-electron chi connectivity index (χ3n) is 5.04. The molecule has 1 aliphatic carbocycles. The van der Waals surface area contributed by atoms with Gasteiger partial charge in [0.2, 0.25) is 0 Å². The molecule has 3 aromatic carbocycles. The smallest absolute Gasteiger partial charge is 0.123 e. The van der Waals surface area contributed by atoms with Crippen LogP contribution in [0.4, 0.5) is 4.39 Å². The second-order valence-corrected chi connectivity index (χ2v) is 6.91. The quantitative estimate of drug-likeness (QED) is 0.688. The minimum atomic E-state index is -0.217. The van der Waals surface area contributed by atoms with Crippen LogP contribution in [0.2, 0.25) is 0 Å². The summed E-state index contributed by atoms with van der Waals surface area (Å²) in [4.78, 5) is 2.36. The molecule has 0 aromatic heterocycles. The largest absolute Gasteiger partial charge is 0.508 e. The molecule has 26 heavy (non-hydrogen) atoms. The van der Waals surface area contributed by atoms with Crippen molar-refractivity contribution in [1.29, 1.82) is 0 Å². The van der Waals surface area contributed by atoms with Crippen molar-refractivity contribution in [3.8, 4) is 11.5 Å². The zero-order valence-corrected chi connectivity index (χ0v) is 14.8. The Morgan fingerprint density at radius 3 is 2.46 bits per heavy atom. The Morgan fingerprint density at radius 2 is 1.77 bits per heavy atom. The standard InChI is InChI=1S/C22H22FNO2/c1-26-19-10-4-16-5-11-22(25)21(20(16)12-19)14-24(18-8-9-18)13-15-2-6-17(23)7-3-15/h2-7,10-12,18,25H,8-9,13-14H2,1H3. The van der Waals surface area contributed by atoms with Crippen LogP contribution >= 0.6 is 0 Å². The van der Waals surface area contributed by atoms with Crippen LogP contribution in [0, 0.1) is 5.82 Å². The van der Waals surface area contributed by atoms with Crippen LogP contribution in [0.5, 0.6) is 11.5 Å². The number of nitrogens with zero attached hydrogens (tertiary/aromatic N) is 1. The zero-order chi connectivity index (χ0) is 18.1. The fourth-order valence-corrected chi connectivity index (χ4v) is 3.42. The van der Waals surface area contributed by atoms with E-state index < -0.39 is 0 Å². The third-order valence-corrected chi connectivity index (χ3v) is 5.04. The highest BCUT2D eigenvalue weighted by Crippen LogP contribution is 2.35. The van der Waals surface area contributed by atoms with E-state index in [-0.39, 0.29) is 5.82 Å². The number of benzene rings is 3. The molecular formula is C22H22FNO2. The minimum absolute atomic E-state index is 0.217. The van der Waals surface area contributed by atoms with E-state index in [9.17, 15) is 9.50 Å². The molecule has 4 heteroatoms. The second kappa shape index (κ2) is 6.96. The molecule has 1 aliphatic rings. The number of phenolic OH excluding ortho intramolecular Hbond substituents is 1. The lowest BCUT2D eigenvalue weighted by atomic mass is 10.0. The molecule has 0 spiro atoms. The lowest BCUT2D eigenvalue weighted by Crippen LogP contribution is -2.25. The molecule has 1 fully saturated rings. The molecule has 1 saturated carbocycles. The highest BCUT2D eigenvalue weighted by molar-refractivity contribution is 5.89. The number of hydrogen-bond acceptors (Lipinski definition) is 3. The van der Waals surface area contributed by atoms with Crippen molar-refractivity contribution in [3.05, 3.63) is 71.5 Å². The van der Waals surface area contributed by atoms with Gasteiger partial charge in [-0.2, -0.15) is 0 Å². The number of phenols is 1. The molecule has 0 aliphatic heterocycles. The lowest BCUT2D eigenvalue weighted by molar-refractivity contribution is 0.243. The average molecular weight is 351 g/mol. The molecule has 1 N–H and O–H groups in total. The highest BCUT2D eigenvalue weighted by Gasteiger charge is 2.30.